The molecule has 148 valence electrons. The van der Waals surface area contributed by atoms with E-state index in [1.807, 2.05) is 0 Å². The minimum absolute atomic E-state index is 0.121. The van der Waals surface area contributed by atoms with E-state index >= 15 is 0 Å². The average Bonchev–Trinajstić information content (AvgIpc) is 2.73. The Kier molecular flexibility index (Phi) is 5.54. The SMILES string of the molecule is N/C(=N\O)c1ccc(Oc2ccc(C(F)(F)F)cc2)cc1C(=O)c1ccccc1. The van der Waals surface area contributed by atoms with E-state index in [0.29, 0.717) is 5.56 Å². The van der Waals surface area contributed by atoms with E-state index in [1.165, 1.54) is 30.3 Å². The maximum atomic E-state index is 12.9. The van der Waals surface area contributed by atoms with Gasteiger partial charge in [0.05, 0.1) is 5.56 Å². The van der Waals surface area contributed by atoms with Crippen molar-refractivity contribution in [1.82, 2.24) is 0 Å². The molecule has 3 aromatic rings. The monoisotopic (exact) mass is 400 g/mol. The Morgan fingerprint density at radius 3 is 2.10 bits per heavy atom. The molecule has 3 rings (SSSR count). The van der Waals surface area contributed by atoms with Crippen molar-refractivity contribution in [2.75, 3.05) is 0 Å². The van der Waals surface area contributed by atoms with Crippen LogP contribution in [0, 0.1) is 0 Å². The largest absolute Gasteiger partial charge is 0.457 e. The van der Waals surface area contributed by atoms with Crippen LogP contribution in [0.3, 0.4) is 0 Å². The summed E-state index contributed by atoms with van der Waals surface area (Å²) >= 11 is 0. The molecule has 0 aliphatic rings. The maximum absolute atomic E-state index is 12.9. The van der Waals surface area contributed by atoms with Crippen LogP contribution in [-0.2, 0) is 6.18 Å². The van der Waals surface area contributed by atoms with Crippen molar-refractivity contribution in [1.29, 1.82) is 0 Å². The minimum Gasteiger partial charge on any atom is -0.457 e. The third kappa shape index (κ3) is 4.55. The molecule has 0 unspecified atom stereocenters. The summed E-state index contributed by atoms with van der Waals surface area (Å²) in [4.78, 5) is 12.9. The van der Waals surface area contributed by atoms with Crippen molar-refractivity contribution in [3.63, 3.8) is 0 Å². The van der Waals surface area contributed by atoms with Crippen LogP contribution in [0.15, 0.2) is 78.0 Å². The van der Waals surface area contributed by atoms with E-state index in [9.17, 15) is 18.0 Å². The van der Waals surface area contributed by atoms with Crippen LogP contribution in [0.4, 0.5) is 13.2 Å². The minimum atomic E-state index is -4.45. The second-order valence-electron chi connectivity index (χ2n) is 6.01. The fourth-order valence-electron chi connectivity index (χ4n) is 2.65. The number of hydrogen-bond acceptors (Lipinski definition) is 4. The van der Waals surface area contributed by atoms with Crippen LogP contribution in [0.2, 0.25) is 0 Å². The Labute approximate surface area is 163 Å². The van der Waals surface area contributed by atoms with Gasteiger partial charge in [-0.2, -0.15) is 13.2 Å². The maximum Gasteiger partial charge on any atom is 0.416 e. The standard InChI is InChI=1S/C21H15F3N2O3/c22-21(23,24)14-6-8-15(9-7-14)29-16-10-11-17(20(25)26-28)18(12-16)19(27)13-4-2-1-3-5-13/h1-12,28H,(H2,25,26). The Hall–Kier alpha value is -3.81. The molecule has 0 saturated heterocycles. The molecule has 0 aliphatic carbocycles. The summed E-state index contributed by atoms with van der Waals surface area (Å²) in [5, 5.41) is 11.9. The van der Waals surface area contributed by atoms with Crippen LogP contribution < -0.4 is 10.5 Å². The molecular formula is C21H15F3N2O3. The number of benzene rings is 3. The first-order chi connectivity index (χ1) is 13.8. The molecule has 0 bridgehead atoms. The summed E-state index contributed by atoms with van der Waals surface area (Å²) in [6, 6.07) is 16.8. The predicted molar refractivity (Wildman–Crippen MR) is 100 cm³/mol. The van der Waals surface area contributed by atoms with E-state index in [4.69, 9.17) is 15.7 Å². The van der Waals surface area contributed by atoms with E-state index in [-0.39, 0.29) is 34.2 Å². The predicted octanol–water partition coefficient (Wildman–Crippen LogP) is 4.82. The number of carbonyl (C=O) groups is 1. The second-order valence-corrected chi connectivity index (χ2v) is 6.01. The highest BCUT2D eigenvalue weighted by molar-refractivity contribution is 6.16. The van der Waals surface area contributed by atoms with Crippen molar-refractivity contribution in [2.45, 2.75) is 6.18 Å². The summed E-state index contributed by atoms with van der Waals surface area (Å²) < 4.78 is 43.6. The number of amidine groups is 1. The van der Waals surface area contributed by atoms with Gasteiger partial charge in [0.1, 0.15) is 11.5 Å². The molecule has 0 aliphatic heterocycles. The summed E-state index contributed by atoms with van der Waals surface area (Å²) in [7, 11) is 0. The van der Waals surface area contributed by atoms with Gasteiger partial charge in [-0.1, -0.05) is 35.5 Å². The highest BCUT2D eigenvalue weighted by Crippen LogP contribution is 2.32. The van der Waals surface area contributed by atoms with Gasteiger partial charge in [0.2, 0.25) is 0 Å². The third-order valence-corrected chi connectivity index (χ3v) is 4.07. The van der Waals surface area contributed by atoms with E-state index in [0.717, 1.165) is 12.1 Å². The van der Waals surface area contributed by atoms with Gasteiger partial charge in [0.15, 0.2) is 11.6 Å². The molecule has 0 saturated carbocycles. The van der Waals surface area contributed by atoms with Gasteiger partial charge in [-0.05, 0) is 42.5 Å². The van der Waals surface area contributed by atoms with Crippen LogP contribution in [0.25, 0.3) is 0 Å². The molecule has 0 amide bonds. The highest BCUT2D eigenvalue weighted by atomic mass is 19.4. The first-order valence-electron chi connectivity index (χ1n) is 8.36. The Morgan fingerprint density at radius 2 is 1.52 bits per heavy atom. The van der Waals surface area contributed by atoms with Crippen molar-refractivity contribution in [2.24, 2.45) is 10.9 Å². The topological polar surface area (TPSA) is 84.9 Å². The molecule has 5 nitrogen and oxygen atoms in total. The van der Waals surface area contributed by atoms with Gasteiger partial charge in [0, 0.05) is 16.7 Å². The molecule has 0 radical (unpaired) electrons. The first-order valence-corrected chi connectivity index (χ1v) is 8.36. The molecule has 0 aromatic heterocycles. The Balaban J connectivity index is 1.96. The molecule has 3 N–H and O–H groups in total. The summed E-state index contributed by atoms with van der Waals surface area (Å²) in [5.41, 5.74) is 5.57. The highest BCUT2D eigenvalue weighted by Gasteiger charge is 2.30. The van der Waals surface area contributed by atoms with Crippen LogP contribution in [0.5, 0.6) is 11.5 Å². The number of nitrogens with zero attached hydrogens (tertiary/aromatic N) is 1. The second kappa shape index (κ2) is 8.05. The molecular weight excluding hydrogens is 385 g/mol. The zero-order chi connectivity index (χ0) is 21.0. The van der Waals surface area contributed by atoms with Gasteiger partial charge in [-0.25, -0.2) is 0 Å². The average molecular weight is 400 g/mol. The summed E-state index contributed by atoms with van der Waals surface area (Å²) in [6.45, 7) is 0. The molecule has 0 fully saturated rings. The van der Waals surface area contributed by atoms with Crippen molar-refractivity contribution >= 4 is 11.6 Å². The van der Waals surface area contributed by atoms with Crippen molar-refractivity contribution < 1.29 is 27.9 Å². The van der Waals surface area contributed by atoms with Crippen molar-refractivity contribution in [3.05, 3.63) is 95.1 Å². The quantitative estimate of drug-likeness (QED) is 0.211. The number of nitrogens with two attached hydrogens (primary N) is 1. The number of rotatable bonds is 5. The zero-order valence-corrected chi connectivity index (χ0v) is 14.9. The number of alkyl halides is 3. The molecule has 29 heavy (non-hydrogen) atoms. The van der Waals surface area contributed by atoms with Crippen LogP contribution in [-0.4, -0.2) is 16.8 Å². The number of carbonyl (C=O) groups excluding carboxylic acids is 1. The van der Waals surface area contributed by atoms with Crippen LogP contribution >= 0.6 is 0 Å². The van der Waals surface area contributed by atoms with E-state index in [1.54, 1.807) is 30.3 Å². The lowest BCUT2D eigenvalue weighted by Crippen LogP contribution is -2.18. The number of halogens is 3. The van der Waals surface area contributed by atoms with Gasteiger partial charge in [-0.3, -0.25) is 4.79 Å². The lowest BCUT2D eigenvalue weighted by atomic mass is 9.97. The smallest absolute Gasteiger partial charge is 0.416 e. The number of oxime groups is 1. The zero-order valence-electron chi connectivity index (χ0n) is 14.9. The van der Waals surface area contributed by atoms with Crippen molar-refractivity contribution in [3.8, 4) is 11.5 Å². The normalized spacial score (nSPS) is 11.9. The lowest BCUT2D eigenvalue weighted by Gasteiger charge is -2.12. The van der Waals surface area contributed by atoms with Gasteiger partial charge in [-0.15, -0.1) is 0 Å². The fourth-order valence-corrected chi connectivity index (χ4v) is 2.65. The Morgan fingerprint density at radius 1 is 0.897 bits per heavy atom. The van der Waals surface area contributed by atoms with Gasteiger partial charge < -0.3 is 15.7 Å². The number of ketones is 1. The molecule has 0 heterocycles. The summed E-state index contributed by atoms with van der Waals surface area (Å²) in [6.07, 6.45) is -4.45. The van der Waals surface area contributed by atoms with Crippen LogP contribution in [0.1, 0.15) is 27.0 Å². The molecule has 0 spiro atoms. The molecule has 0 atom stereocenters. The fraction of sp³-hybridized carbons (Fsp3) is 0.0476. The van der Waals surface area contributed by atoms with E-state index < -0.39 is 11.7 Å². The van der Waals surface area contributed by atoms with Gasteiger partial charge in [0.25, 0.3) is 0 Å². The van der Waals surface area contributed by atoms with E-state index in [2.05, 4.69) is 5.16 Å². The third-order valence-electron chi connectivity index (χ3n) is 4.07. The number of hydrogen-bond donors (Lipinski definition) is 2. The van der Waals surface area contributed by atoms with Gasteiger partial charge >= 0.3 is 6.18 Å². The number of ether oxygens (including phenoxy) is 1. The molecule has 8 heteroatoms. The Bertz CT molecular complexity index is 1050. The first kappa shape index (κ1) is 19.9. The summed E-state index contributed by atoms with van der Waals surface area (Å²) in [5.74, 6) is -0.276. The lowest BCUT2D eigenvalue weighted by molar-refractivity contribution is -0.137. The molecule has 3 aromatic carbocycles.